The molecule has 0 bridgehead atoms. The van der Waals surface area contributed by atoms with Gasteiger partial charge in [-0.3, -0.25) is 9.59 Å². The summed E-state index contributed by atoms with van der Waals surface area (Å²) in [5, 5.41) is 3.48. The summed E-state index contributed by atoms with van der Waals surface area (Å²) in [4.78, 5) is 31.2. The third kappa shape index (κ3) is 5.92. The molecule has 0 fully saturated rings. The van der Waals surface area contributed by atoms with E-state index in [2.05, 4.69) is 14.8 Å². The van der Waals surface area contributed by atoms with E-state index in [-0.39, 0.29) is 19.7 Å². The Hall–Kier alpha value is -1.66. The molecule has 0 atom stereocenters. The van der Waals surface area contributed by atoms with Crippen LogP contribution in [-0.4, -0.2) is 37.3 Å². The molecule has 0 radical (unpaired) electrons. The number of rotatable bonds is 6. The molecule has 0 heterocycles. The van der Waals surface area contributed by atoms with Crippen LogP contribution in [0.15, 0.2) is 5.29 Å². The van der Waals surface area contributed by atoms with Crippen molar-refractivity contribution in [1.82, 2.24) is 5.01 Å². The number of nitroso groups, excluding NO2 is 1. The molecule has 0 aromatic heterocycles. The Bertz CT molecular complexity index is 218. The van der Waals surface area contributed by atoms with E-state index in [1.165, 1.54) is 14.0 Å². The molecule has 0 aromatic rings. The molecule has 0 aromatic carbocycles. The average Bonchev–Trinajstić information content (AvgIpc) is 2.17. The van der Waals surface area contributed by atoms with Crippen LogP contribution in [-0.2, 0) is 19.1 Å². The quantitative estimate of drug-likeness (QED) is 0.263. The number of methoxy groups -OCH3 is 1. The van der Waals surface area contributed by atoms with Crippen molar-refractivity contribution in [3.05, 3.63) is 4.91 Å². The number of esters is 2. The van der Waals surface area contributed by atoms with Crippen molar-refractivity contribution in [2.45, 2.75) is 13.3 Å². The molecular weight excluding hydrogens is 192 g/mol. The number of ether oxygens (including phenoxy) is 2. The molecule has 80 valence electrons. The summed E-state index contributed by atoms with van der Waals surface area (Å²) in [6.45, 7) is 1.02. The summed E-state index contributed by atoms with van der Waals surface area (Å²) >= 11 is 0. The van der Waals surface area contributed by atoms with Gasteiger partial charge < -0.3 is 9.47 Å². The van der Waals surface area contributed by atoms with Gasteiger partial charge in [-0.1, -0.05) is 0 Å². The van der Waals surface area contributed by atoms with Gasteiger partial charge in [-0.05, 0) is 0 Å². The molecule has 0 aliphatic carbocycles. The molecule has 0 aliphatic heterocycles. The van der Waals surface area contributed by atoms with Crippen LogP contribution in [0.5, 0.6) is 0 Å². The van der Waals surface area contributed by atoms with E-state index in [0.717, 1.165) is 5.01 Å². The van der Waals surface area contributed by atoms with Gasteiger partial charge in [0.05, 0.1) is 25.4 Å². The molecule has 0 spiro atoms. The fourth-order valence-electron chi connectivity index (χ4n) is 0.617. The van der Waals surface area contributed by atoms with Crippen molar-refractivity contribution in [1.29, 1.82) is 0 Å². The summed E-state index contributed by atoms with van der Waals surface area (Å²) in [7, 11) is 1.24. The second-order valence-electron chi connectivity index (χ2n) is 2.40. The van der Waals surface area contributed by atoms with Gasteiger partial charge in [0.2, 0.25) is 0 Å². The van der Waals surface area contributed by atoms with Crippen LogP contribution in [0.4, 0.5) is 0 Å². The lowest BCUT2D eigenvalue weighted by Gasteiger charge is -2.13. The summed E-state index contributed by atoms with van der Waals surface area (Å²) in [6.07, 6.45) is 0.0174. The zero-order valence-electron chi connectivity index (χ0n) is 8.06. The Morgan fingerprint density at radius 3 is 2.50 bits per heavy atom. The fourth-order valence-corrected chi connectivity index (χ4v) is 0.617. The minimum absolute atomic E-state index is 0.0174. The Morgan fingerprint density at radius 1 is 1.43 bits per heavy atom. The third-order valence-electron chi connectivity index (χ3n) is 1.33. The largest absolute Gasteiger partial charge is 0.469 e. The maximum Gasteiger partial charge on any atom is 0.307 e. The Labute approximate surface area is 80.9 Å². The molecular formula is C7H12N2O5. The standard InChI is InChI=1S/C7H12N2O5/c1-6(10)14-5-9(8-12)4-3-7(11)13-2/h3-5H2,1-2H3. The van der Waals surface area contributed by atoms with Crippen LogP contribution in [0.2, 0.25) is 0 Å². The van der Waals surface area contributed by atoms with Crippen LogP contribution in [0.1, 0.15) is 13.3 Å². The molecule has 0 N–H and O–H groups in total. The second kappa shape index (κ2) is 6.81. The van der Waals surface area contributed by atoms with Crippen LogP contribution in [0.3, 0.4) is 0 Å². The minimum atomic E-state index is -0.517. The molecule has 7 heteroatoms. The van der Waals surface area contributed by atoms with Gasteiger partial charge in [0.1, 0.15) is 0 Å². The first kappa shape index (κ1) is 12.3. The van der Waals surface area contributed by atoms with Crippen molar-refractivity contribution in [2.75, 3.05) is 20.4 Å². The zero-order valence-corrected chi connectivity index (χ0v) is 8.06. The van der Waals surface area contributed by atoms with Gasteiger partial charge in [-0.15, -0.1) is 4.91 Å². The van der Waals surface area contributed by atoms with Crippen molar-refractivity contribution in [2.24, 2.45) is 5.29 Å². The SMILES string of the molecule is COC(=O)CCN(COC(C)=O)N=O. The van der Waals surface area contributed by atoms with Crippen LogP contribution in [0.25, 0.3) is 0 Å². The summed E-state index contributed by atoms with van der Waals surface area (Å²) in [6, 6.07) is 0. The maximum atomic E-state index is 10.7. The second-order valence-corrected chi connectivity index (χ2v) is 2.40. The first-order valence-corrected chi connectivity index (χ1v) is 3.88. The van der Waals surface area contributed by atoms with E-state index in [0.29, 0.717) is 0 Å². The number of nitrogens with zero attached hydrogens (tertiary/aromatic N) is 2. The highest BCUT2D eigenvalue weighted by Crippen LogP contribution is 1.94. The van der Waals surface area contributed by atoms with Gasteiger partial charge in [-0.2, -0.15) is 0 Å². The minimum Gasteiger partial charge on any atom is -0.469 e. The topological polar surface area (TPSA) is 85.3 Å². The average molecular weight is 204 g/mol. The molecule has 7 nitrogen and oxygen atoms in total. The van der Waals surface area contributed by atoms with Crippen LogP contribution in [0, 0.1) is 4.91 Å². The van der Waals surface area contributed by atoms with E-state index in [1.54, 1.807) is 0 Å². The normalized spacial score (nSPS) is 9.00. The molecule has 0 aliphatic rings. The zero-order chi connectivity index (χ0) is 11.0. The smallest absolute Gasteiger partial charge is 0.307 e. The number of hydrogen-bond acceptors (Lipinski definition) is 6. The van der Waals surface area contributed by atoms with Crippen molar-refractivity contribution in [3.63, 3.8) is 0 Å². The third-order valence-corrected chi connectivity index (χ3v) is 1.33. The Balaban J connectivity index is 3.73. The highest BCUT2D eigenvalue weighted by molar-refractivity contribution is 5.69. The lowest BCUT2D eigenvalue weighted by molar-refractivity contribution is -0.146. The van der Waals surface area contributed by atoms with Crippen molar-refractivity contribution < 1.29 is 19.1 Å². The molecule has 0 amide bonds. The lowest BCUT2D eigenvalue weighted by atomic mass is 10.4. The van der Waals surface area contributed by atoms with Crippen LogP contribution < -0.4 is 0 Å². The van der Waals surface area contributed by atoms with Gasteiger partial charge in [0.25, 0.3) is 0 Å². The predicted molar refractivity (Wildman–Crippen MR) is 45.8 cm³/mol. The van der Waals surface area contributed by atoms with E-state index >= 15 is 0 Å². The highest BCUT2D eigenvalue weighted by Gasteiger charge is 2.08. The van der Waals surface area contributed by atoms with Gasteiger partial charge >= 0.3 is 11.9 Å². The van der Waals surface area contributed by atoms with E-state index in [9.17, 15) is 14.5 Å². The molecule has 0 unspecified atom stereocenters. The van der Waals surface area contributed by atoms with E-state index < -0.39 is 11.9 Å². The first-order chi connectivity index (χ1) is 6.60. The van der Waals surface area contributed by atoms with Gasteiger partial charge in [0, 0.05) is 6.92 Å². The molecule has 0 saturated heterocycles. The first-order valence-electron chi connectivity index (χ1n) is 3.88. The van der Waals surface area contributed by atoms with Crippen molar-refractivity contribution in [3.8, 4) is 0 Å². The van der Waals surface area contributed by atoms with Gasteiger partial charge in [0.15, 0.2) is 6.73 Å². The van der Waals surface area contributed by atoms with Crippen LogP contribution >= 0.6 is 0 Å². The highest BCUT2D eigenvalue weighted by atomic mass is 16.5. The summed E-state index contributed by atoms with van der Waals surface area (Å²) < 4.78 is 8.86. The molecule has 0 rings (SSSR count). The monoisotopic (exact) mass is 204 g/mol. The predicted octanol–water partition coefficient (Wildman–Crippen LogP) is 0.0535. The Kier molecular flexibility index (Phi) is 6.01. The number of carbonyl (C=O) groups excluding carboxylic acids is 2. The summed E-state index contributed by atoms with van der Waals surface area (Å²) in [5.41, 5.74) is 0. The molecule has 0 saturated carbocycles. The van der Waals surface area contributed by atoms with E-state index in [4.69, 9.17) is 0 Å². The lowest BCUT2D eigenvalue weighted by Crippen LogP contribution is -2.24. The Morgan fingerprint density at radius 2 is 2.07 bits per heavy atom. The van der Waals surface area contributed by atoms with Gasteiger partial charge in [-0.25, -0.2) is 5.01 Å². The number of hydrogen-bond donors (Lipinski definition) is 0. The molecule has 14 heavy (non-hydrogen) atoms. The summed E-state index contributed by atoms with van der Waals surface area (Å²) in [5.74, 6) is -0.974. The maximum absolute atomic E-state index is 10.7. The fraction of sp³-hybridized carbons (Fsp3) is 0.714. The van der Waals surface area contributed by atoms with E-state index in [1.807, 2.05) is 0 Å². The van der Waals surface area contributed by atoms with Crippen molar-refractivity contribution >= 4 is 11.9 Å². The number of carbonyl (C=O) groups is 2.